The molecule has 7 nitrogen and oxygen atoms in total. The van der Waals surface area contributed by atoms with E-state index in [4.69, 9.17) is 14.3 Å². The molecule has 3 aromatic rings. The molecule has 0 aliphatic heterocycles. The number of nitrogens with two attached hydrogens (primary N) is 1. The summed E-state index contributed by atoms with van der Waals surface area (Å²) in [6.45, 7) is 1.85. The molecular formula is C23H24N2O5S. The molecular weight excluding hydrogens is 416 g/mol. The van der Waals surface area contributed by atoms with E-state index in [1.165, 1.54) is 35.9 Å². The predicted molar refractivity (Wildman–Crippen MR) is 120 cm³/mol. The molecule has 0 saturated heterocycles. The van der Waals surface area contributed by atoms with Crippen LogP contribution in [0.15, 0.2) is 51.8 Å². The minimum atomic E-state index is -3.78. The predicted octanol–water partition coefficient (Wildman–Crippen LogP) is 4.01. The van der Waals surface area contributed by atoms with E-state index in [1.807, 2.05) is 19.1 Å². The Hall–Kier alpha value is -3.10. The summed E-state index contributed by atoms with van der Waals surface area (Å²) in [5.74, 6) is 1.35. The normalized spacial score (nSPS) is 14.4. The number of benzene rings is 2. The Balaban J connectivity index is 1.61. The molecule has 0 atom stereocenters. The average molecular weight is 441 g/mol. The summed E-state index contributed by atoms with van der Waals surface area (Å²) in [4.78, 5) is 12.5. The zero-order chi connectivity index (χ0) is 22.2. The lowest BCUT2D eigenvalue weighted by Gasteiger charge is -2.11. The van der Waals surface area contributed by atoms with Gasteiger partial charge in [0.05, 0.1) is 12.0 Å². The van der Waals surface area contributed by atoms with Crippen LogP contribution in [0.2, 0.25) is 0 Å². The van der Waals surface area contributed by atoms with Crippen LogP contribution >= 0.6 is 0 Å². The first-order valence-electron chi connectivity index (χ1n) is 10.0. The first kappa shape index (κ1) is 21.1. The van der Waals surface area contributed by atoms with Crippen LogP contribution in [0.5, 0.6) is 5.75 Å². The van der Waals surface area contributed by atoms with Gasteiger partial charge in [-0.3, -0.25) is 4.79 Å². The van der Waals surface area contributed by atoms with E-state index < -0.39 is 10.0 Å². The van der Waals surface area contributed by atoms with Crippen LogP contribution in [0.3, 0.4) is 0 Å². The molecule has 0 fully saturated rings. The van der Waals surface area contributed by atoms with Crippen molar-refractivity contribution in [1.82, 2.24) is 0 Å². The van der Waals surface area contributed by atoms with Crippen molar-refractivity contribution in [2.24, 2.45) is 5.14 Å². The largest absolute Gasteiger partial charge is 0.496 e. The standard InChI is InChI=1S/C23H24N2O5S/c1-14(11-23(26)25-15-7-9-16(10-8-15)31(24,27)28)18-12-19-17-5-3-4-6-20(17)30-22(19)13-21(18)29-2/h7-13H,3-6H2,1-2H3,(H,25,26)(H2,24,27,28)/b14-11+. The topological polar surface area (TPSA) is 112 Å². The lowest BCUT2D eigenvalue weighted by molar-refractivity contribution is -0.111. The number of rotatable bonds is 5. The summed E-state index contributed by atoms with van der Waals surface area (Å²) < 4.78 is 34.3. The maximum atomic E-state index is 12.5. The second kappa shape index (κ2) is 8.20. The summed E-state index contributed by atoms with van der Waals surface area (Å²) >= 11 is 0. The van der Waals surface area contributed by atoms with Crippen molar-refractivity contribution in [1.29, 1.82) is 0 Å². The minimum absolute atomic E-state index is 0.0151. The van der Waals surface area contributed by atoms with Crippen LogP contribution in [0, 0.1) is 0 Å². The molecule has 4 rings (SSSR count). The lowest BCUT2D eigenvalue weighted by Crippen LogP contribution is -2.12. The van der Waals surface area contributed by atoms with E-state index in [2.05, 4.69) is 5.32 Å². The molecule has 3 N–H and O–H groups in total. The van der Waals surface area contributed by atoms with Crippen molar-refractivity contribution < 1.29 is 22.4 Å². The zero-order valence-electron chi connectivity index (χ0n) is 17.4. The summed E-state index contributed by atoms with van der Waals surface area (Å²) in [5.41, 5.74) is 4.08. The van der Waals surface area contributed by atoms with Gasteiger partial charge in [-0.2, -0.15) is 0 Å². The van der Waals surface area contributed by atoms with Gasteiger partial charge >= 0.3 is 0 Å². The molecule has 1 heterocycles. The molecule has 31 heavy (non-hydrogen) atoms. The first-order valence-corrected chi connectivity index (χ1v) is 11.6. The maximum absolute atomic E-state index is 12.5. The Morgan fingerprint density at radius 3 is 2.55 bits per heavy atom. The van der Waals surface area contributed by atoms with Crippen LogP contribution in [-0.2, 0) is 27.7 Å². The monoisotopic (exact) mass is 440 g/mol. The van der Waals surface area contributed by atoms with Gasteiger partial charge < -0.3 is 14.5 Å². The van der Waals surface area contributed by atoms with Gasteiger partial charge in [0.2, 0.25) is 15.9 Å². The fourth-order valence-corrected chi connectivity index (χ4v) is 4.46. The van der Waals surface area contributed by atoms with E-state index in [9.17, 15) is 13.2 Å². The SMILES string of the molecule is COc1cc2oc3c(c2cc1/C(C)=C/C(=O)Nc1ccc(S(N)(=O)=O)cc1)CCCC3. The molecule has 0 bridgehead atoms. The molecule has 0 radical (unpaired) electrons. The van der Waals surface area contributed by atoms with E-state index in [0.29, 0.717) is 11.4 Å². The zero-order valence-corrected chi connectivity index (χ0v) is 18.2. The number of primary sulfonamides is 1. The fraction of sp³-hybridized carbons (Fsp3) is 0.261. The van der Waals surface area contributed by atoms with Gasteiger partial charge in [0, 0.05) is 40.8 Å². The van der Waals surface area contributed by atoms with Crippen molar-refractivity contribution in [2.75, 3.05) is 12.4 Å². The van der Waals surface area contributed by atoms with Crippen molar-refractivity contribution in [3.05, 3.63) is 59.4 Å². The molecule has 1 amide bonds. The third kappa shape index (κ3) is 4.35. The van der Waals surface area contributed by atoms with Gasteiger partial charge in [0.1, 0.15) is 17.1 Å². The third-order valence-corrected chi connectivity index (χ3v) is 6.43. The molecule has 1 aromatic heterocycles. The number of fused-ring (bicyclic) bond motifs is 3. The number of sulfonamides is 1. The number of ether oxygens (including phenoxy) is 1. The van der Waals surface area contributed by atoms with Gasteiger partial charge in [0.15, 0.2) is 0 Å². The molecule has 0 spiro atoms. The third-order valence-electron chi connectivity index (χ3n) is 5.50. The highest BCUT2D eigenvalue weighted by Crippen LogP contribution is 2.37. The van der Waals surface area contributed by atoms with Gasteiger partial charge in [0.25, 0.3) is 0 Å². The number of methoxy groups -OCH3 is 1. The maximum Gasteiger partial charge on any atom is 0.248 e. The molecule has 0 saturated carbocycles. The van der Waals surface area contributed by atoms with E-state index in [0.717, 1.165) is 53.5 Å². The van der Waals surface area contributed by atoms with Crippen LogP contribution in [0.1, 0.15) is 36.7 Å². The van der Waals surface area contributed by atoms with Crippen molar-refractivity contribution >= 4 is 38.2 Å². The van der Waals surface area contributed by atoms with E-state index in [1.54, 1.807) is 7.11 Å². The summed E-state index contributed by atoms with van der Waals surface area (Å²) in [7, 11) is -2.19. The smallest absolute Gasteiger partial charge is 0.248 e. The summed E-state index contributed by atoms with van der Waals surface area (Å²) in [6, 6.07) is 9.59. The lowest BCUT2D eigenvalue weighted by atomic mass is 9.94. The van der Waals surface area contributed by atoms with Crippen LogP contribution < -0.4 is 15.2 Å². The van der Waals surface area contributed by atoms with Crippen LogP contribution in [0.25, 0.3) is 16.5 Å². The summed E-state index contributed by atoms with van der Waals surface area (Å²) in [6.07, 6.45) is 5.71. The highest BCUT2D eigenvalue weighted by atomic mass is 32.2. The number of hydrogen-bond donors (Lipinski definition) is 2. The number of hydrogen-bond acceptors (Lipinski definition) is 5. The Bertz CT molecular complexity index is 1290. The van der Waals surface area contributed by atoms with Crippen LogP contribution in [0.4, 0.5) is 5.69 Å². The number of anilines is 1. The van der Waals surface area contributed by atoms with Crippen molar-refractivity contribution in [2.45, 2.75) is 37.5 Å². The van der Waals surface area contributed by atoms with Crippen LogP contribution in [-0.4, -0.2) is 21.4 Å². The van der Waals surface area contributed by atoms with Gasteiger partial charge in [-0.1, -0.05) is 0 Å². The van der Waals surface area contributed by atoms with Gasteiger partial charge in [-0.25, -0.2) is 13.6 Å². The Morgan fingerprint density at radius 1 is 1.16 bits per heavy atom. The number of carbonyl (C=O) groups is 1. The van der Waals surface area contributed by atoms with Gasteiger partial charge in [-0.15, -0.1) is 0 Å². The molecule has 162 valence electrons. The number of amides is 1. The number of furan rings is 1. The molecule has 8 heteroatoms. The molecule has 1 aliphatic carbocycles. The second-order valence-electron chi connectivity index (χ2n) is 7.65. The van der Waals surface area contributed by atoms with Crippen molar-refractivity contribution in [3.8, 4) is 5.75 Å². The average Bonchev–Trinajstić information content (AvgIpc) is 3.10. The Labute approximate surface area is 180 Å². The highest BCUT2D eigenvalue weighted by molar-refractivity contribution is 7.89. The number of aryl methyl sites for hydroxylation is 2. The quantitative estimate of drug-likeness (QED) is 0.582. The Kier molecular flexibility index (Phi) is 5.60. The number of allylic oxidation sites excluding steroid dienone is 1. The van der Waals surface area contributed by atoms with E-state index in [-0.39, 0.29) is 10.8 Å². The summed E-state index contributed by atoms with van der Waals surface area (Å²) in [5, 5.41) is 8.89. The molecule has 1 aliphatic rings. The van der Waals surface area contributed by atoms with Crippen molar-refractivity contribution in [3.63, 3.8) is 0 Å². The molecule has 2 aromatic carbocycles. The first-order chi connectivity index (χ1) is 14.8. The minimum Gasteiger partial charge on any atom is -0.496 e. The highest BCUT2D eigenvalue weighted by Gasteiger charge is 2.20. The Morgan fingerprint density at radius 2 is 1.87 bits per heavy atom. The van der Waals surface area contributed by atoms with Gasteiger partial charge in [-0.05, 0) is 62.1 Å². The fourth-order valence-electron chi connectivity index (χ4n) is 3.95. The molecule has 0 unspecified atom stereocenters. The van der Waals surface area contributed by atoms with E-state index >= 15 is 0 Å². The number of carbonyl (C=O) groups excluding carboxylic acids is 1. The second-order valence-corrected chi connectivity index (χ2v) is 9.21. The number of nitrogens with one attached hydrogen (secondary N) is 1.